The second kappa shape index (κ2) is 28.0. The van der Waals surface area contributed by atoms with E-state index < -0.39 is 32.9 Å². The van der Waals surface area contributed by atoms with Crippen LogP contribution < -0.4 is 0 Å². The van der Waals surface area contributed by atoms with Crippen molar-refractivity contribution in [1.82, 2.24) is 0 Å². The van der Waals surface area contributed by atoms with Crippen molar-refractivity contribution in [3.8, 4) is 0 Å². The molecular formula is C48H94O7SSi2. The molecule has 7 nitrogen and oxygen atoms in total. The molecule has 58 heavy (non-hydrogen) atoms. The molecule has 4 atom stereocenters. The van der Waals surface area contributed by atoms with Crippen LogP contribution in [0.4, 0.5) is 0 Å². The number of ether oxygens (including phenoxy) is 1. The van der Waals surface area contributed by atoms with Crippen LogP contribution in [0.15, 0.2) is 23.8 Å². The molecule has 0 amide bonds. The van der Waals surface area contributed by atoms with Crippen LogP contribution in [0.2, 0.25) is 36.3 Å². The van der Waals surface area contributed by atoms with Crippen molar-refractivity contribution in [3.05, 3.63) is 23.8 Å². The van der Waals surface area contributed by atoms with Gasteiger partial charge in [0.1, 0.15) is 12.2 Å². The molecule has 0 unspecified atom stereocenters. The average Bonchev–Trinajstić information content (AvgIpc) is 3.41. The number of carbonyl (C=O) groups is 1. The molecule has 0 saturated carbocycles. The van der Waals surface area contributed by atoms with E-state index in [0.717, 1.165) is 50.5 Å². The third kappa shape index (κ3) is 24.6. The van der Waals surface area contributed by atoms with Gasteiger partial charge in [0.2, 0.25) is 0 Å². The molecular weight excluding hydrogens is 777 g/mol. The van der Waals surface area contributed by atoms with Crippen LogP contribution in [-0.2, 0) is 32.7 Å². The van der Waals surface area contributed by atoms with Crippen molar-refractivity contribution in [3.63, 3.8) is 0 Å². The molecule has 0 aliphatic carbocycles. The van der Waals surface area contributed by atoms with Gasteiger partial charge in [0.15, 0.2) is 16.6 Å². The number of carbonyl (C=O) groups excluding carboxylic acids is 1. The lowest BCUT2D eigenvalue weighted by Crippen LogP contribution is -2.48. The predicted molar refractivity (Wildman–Crippen MR) is 253 cm³/mol. The Bertz CT molecular complexity index is 1280. The third-order valence-electron chi connectivity index (χ3n) is 12.9. The number of cyclic esters (lactones) is 1. The first-order valence-corrected chi connectivity index (χ1v) is 31.4. The Hall–Kier alpha value is -0.786. The van der Waals surface area contributed by atoms with Crippen molar-refractivity contribution in [1.29, 1.82) is 0 Å². The molecule has 0 saturated heterocycles. The van der Waals surface area contributed by atoms with Gasteiger partial charge < -0.3 is 13.6 Å². The Balaban J connectivity index is 2.50. The maximum absolute atomic E-state index is 12.5. The minimum Gasteiger partial charge on any atom is -0.455 e. The Morgan fingerprint density at radius 1 is 0.655 bits per heavy atom. The molecule has 0 radical (unpaired) electrons. The summed E-state index contributed by atoms with van der Waals surface area (Å²) in [5, 5.41) is 0.167. The quantitative estimate of drug-likeness (QED) is 0.0209. The Labute approximate surface area is 362 Å². The number of allylic oxidation sites excluding steroid dienone is 2. The zero-order valence-electron chi connectivity index (χ0n) is 40.3. The van der Waals surface area contributed by atoms with Crippen LogP contribution in [-0.4, -0.2) is 61.7 Å². The van der Waals surface area contributed by atoms with E-state index in [1.165, 1.54) is 103 Å². The Morgan fingerprint density at radius 3 is 1.57 bits per heavy atom. The smallest absolute Gasteiger partial charge is 0.334 e. The van der Waals surface area contributed by atoms with Gasteiger partial charge in [0.05, 0.1) is 12.4 Å². The van der Waals surface area contributed by atoms with Crippen molar-refractivity contribution in [2.45, 2.75) is 270 Å². The summed E-state index contributed by atoms with van der Waals surface area (Å²) in [6.07, 6.45) is 34.4. The summed E-state index contributed by atoms with van der Waals surface area (Å²) in [7, 11) is -7.69. The minimum atomic E-state index is -3.61. The third-order valence-corrected chi connectivity index (χ3v) is 22.6. The standard InChI is InChI=1S/C48H94O7SSi2/c1-14-15-16-17-18-19-25-29-32-35-38-45(55-58(12,13)48(6,7)8)44(53-56(9,50)51)37-34-31-28-26-23-21-20-22-24-27-30-33-36-43(54-57(10,11)47(3,4)5)40-42-39-41(2)52-46(42)49/h28,31,39,41,43-45H,14-27,29-30,32-38,40H2,1-13H3/b31-28-/t41-,43+,44-,45+/m0/s1. The van der Waals surface area contributed by atoms with Crippen LogP contribution in [0.3, 0.4) is 0 Å². The fraction of sp³-hybridized carbons (Fsp3) is 0.896. The summed E-state index contributed by atoms with van der Waals surface area (Å²) in [5.41, 5.74) is 0.784. The number of rotatable bonds is 34. The SMILES string of the molecule is CCCCCCCCCCCC[C@@H](O[Si](C)(C)C(C)(C)C)[C@H](CC/C=C\CCCCCCCCCC[C@H](CC1=C[C@H](C)OC1=O)O[Si](C)(C)C(C)(C)C)OS(C)(=O)=O. The molecule has 1 aliphatic heterocycles. The van der Waals surface area contributed by atoms with E-state index in [2.05, 4.69) is 86.8 Å². The van der Waals surface area contributed by atoms with E-state index >= 15 is 0 Å². The molecule has 1 rings (SSSR count). The fourth-order valence-electron chi connectivity index (χ4n) is 7.24. The fourth-order valence-corrected chi connectivity index (χ4v) is 10.7. The summed E-state index contributed by atoms with van der Waals surface area (Å²) < 4.78 is 49.8. The van der Waals surface area contributed by atoms with Crippen LogP contribution >= 0.6 is 0 Å². The highest BCUT2D eigenvalue weighted by Crippen LogP contribution is 2.40. The first kappa shape index (κ1) is 55.2. The molecule has 342 valence electrons. The molecule has 0 aromatic carbocycles. The second-order valence-electron chi connectivity index (χ2n) is 20.7. The molecule has 0 aromatic rings. The lowest BCUT2D eigenvalue weighted by atomic mass is 10.0. The topological polar surface area (TPSA) is 88.1 Å². The van der Waals surface area contributed by atoms with Gasteiger partial charge in [-0.25, -0.2) is 4.79 Å². The highest BCUT2D eigenvalue weighted by molar-refractivity contribution is 7.86. The number of unbranched alkanes of at least 4 members (excludes halogenated alkanes) is 17. The molecule has 1 aliphatic rings. The van der Waals surface area contributed by atoms with E-state index in [9.17, 15) is 13.2 Å². The molecule has 1 heterocycles. The zero-order chi connectivity index (χ0) is 43.9. The maximum atomic E-state index is 12.5. The zero-order valence-corrected chi connectivity index (χ0v) is 43.1. The van der Waals surface area contributed by atoms with Crippen molar-refractivity contribution >= 4 is 32.7 Å². The summed E-state index contributed by atoms with van der Waals surface area (Å²) >= 11 is 0. The van der Waals surface area contributed by atoms with Crippen molar-refractivity contribution in [2.24, 2.45) is 0 Å². The largest absolute Gasteiger partial charge is 0.455 e. The van der Waals surface area contributed by atoms with E-state index in [4.69, 9.17) is 17.8 Å². The molecule has 0 spiro atoms. The molecule has 0 bridgehead atoms. The number of hydrogen-bond donors (Lipinski definition) is 0. The number of esters is 1. The predicted octanol–water partition coefficient (Wildman–Crippen LogP) is 14.9. The summed E-state index contributed by atoms with van der Waals surface area (Å²) in [5.74, 6) is -0.176. The second-order valence-corrected chi connectivity index (χ2v) is 31.8. The Kier molecular flexibility index (Phi) is 26.7. The van der Waals surface area contributed by atoms with E-state index in [1.807, 2.05) is 13.0 Å². The van der Waals surface area contributed by atoms with Crippen molar-refractivity contribution < 1.29 is 31.0 Å². The summed E-state index contributed by atoms with van der Waals surface area (Å²) in [6.45, 7) is 26.9. The van der Waals surface area contributed by atoms with E-state index in [0.29, 0.717) is 12.8 Å². The first-order valence-electron chi connectivity index (χ1n) is 23.8. The van der Waals surface area contributed by atoms with Crippen LogP contribution in [0.25, 0.3) is 0 Å². The number of hydrogen-bond acceptors (Lipinski definition) is 7. The lowest BCUT2D eigenvalue weighted by molar-refractivity contribution is -0.139. The van der Waals surface area contributed by atoms with Crippen molar-refractivity contribution in [2.75, 3.05) is 6.26 Å². The van der Waals surface area contributed by atoms with Gasteiger partial charge in [-0.1, -0.05) is 170 Å². The molecule has 0 fully saturated rings. The normalized spacial score (nSPS) is 17.5. The van der Waals surface area contributed by atoms with Gasteiger partial charge in [-0.2, -0.15) is 8.42 Å². The van der Waals surface area contributed by atoms with Crippen LogP contribution in [0.5, 0.6) is 0 Å². The molecule has 0 aromatic heterocycles. The van der Waals surface area contributed by atoms with Gasteiger partial charge in [0.25, 0.3) is 10.1 Å². The Morgan fingerprint density at radius 2 is 1.10 bits per heavy atom. The lowest BCUT2D eigenvalue weighted by Gasteiger charge is -2.41. The maximum Gasteiger partial charge on any atom is 0.334 e. The minimum absolute atomic E-state index is 0.0357. The highest BCUT2D eigenvalue weighted by Gasteiger charge is 2.42. The molecule has 10 heteroatoms. The highest BCUT2D eigenvalue weighted by atomic mass is 32.2. The van der Waals surface area contributed by atoms with Crippen LogP contribution in [0, 0.1) is 0 Å². The van der Waals surface area contributed by atoms with Gasteiger partial charge in [-0.05, 0) is 87.8 Å². The average molecular weight is 872 g/mol. The van der Waals surface area contributed by atoms with Gasteiger partial charge >= 0.3 is 5.97 Å². The van der Waals surface area contributed by atoms with Gasteiger partial charge in [-0.3, -0.25) is 4.18 Å². The monoisotopic (exact) mass is 871 g/mol. The molecule has 0 N–H and O–H groups in total. The summed E-state index contributed by atoms with van der Waals surface area (Å²) in [6, 6.07) is 0. The summed E-state index contributed by atoms with van der Waals surface area (Å²) in [4.78, 5) is 12.3. The van der Waals surface area contributed by atoms with Gasteiger partial charge in [-0.15, -0.1) is 0 Å². The van der Waals surface area contributed by atoms with Crippen LogP contribution in [0.1, 0.15) is 209 Å². The van der Waals surface area contributed by atoms with E-state index in [1.54, 1.807) is 0 Å². The van der Waals surface area contributed by atoms with Gasteiger partial charge in [0, 0.05) is 18.1 Å². The first-order chi connectivity index (χ1) is 27.0. The van der Waals surface area contributed by atoms with E-state index in [-0.39, 0.29) is 34.4 Å².